The number of hydrogen-bond donors (Lipinski definition) is 2. The maximum Gasteiger partial charge on any atom is 0.194 e. The Morgan fingerprint density at radius 3 is 2.35 bits per heavy atom. The number of nitrogens with one attached hydrogen (secondary N) is 1. The number of halogens is 3. The molecule has 0 amide bonds. The molecule has 0 fully saturated rings. The van der Waals surface area contributed by atoms with E-state index in [0.29, 0.717) is 24.9 Å². The van der Waals surface area contributed by atoms with Crippen LogP contribution >= 0.6 is 0 Å². The summed E-state index contributed by atoms with van der Waals surface area (Å²) in [6.07, 6.45) is 0.869. The zero-order valence-corrected chi connectivity index (χ0v) is 9.64. The first-order valence-corrected chi connectivity index (χ1v) is 5.56. The number of aliphatic hydroxyl groups excluding tert-OH is 1. The third-order valence-electron chi connectivity index (χ3n) is 2.50. The van der Waals surface area contributed by atoms with Gasteiger partial charge < -0.3 is 10.4 Å². The molecule has 2 N–H and O–H groups in total. The van der Waals surface area contributed by atoms with E-state index in [-0.39, 0.29) is 12.6 Å². The molecule has 1 atom stereocenters. The molecular formula is C12H16F3NO. The lowest BCUT2D eigenvalue weighted by Crippen LogP contribution is -2.20. The number of rotatable bonds is 6. The van der Waals surface area contributed by atoms with Crippen molar-refractivity contribution in [1.82, 2.24) is 5.32 Å². The Kier molecular flexibility index (Phi) is 5.44. The normalized spacial score (nSPS) is 12.8. The van der Waals surface area contributed by atoms with E-state index in [2.05, 4.69) is 5.32 Å². The van der Waals surface area contributed by atoms with E-state index < -0.39 is 17.5 Å². The summed E-state index contributed by atoms with van der Waals surface area (Å²) in [4.78, 5) is 0. The van der Waals surface area contributed by atoms with Gasteiger partial charge in [-0.15, -0.1) is 0 Å². The molecule has 1 aromatic carbocycles. The Balaban J connectivity index is 2.42. The molecular weight excluding hydrogens is 231 g/mol. The van der Waals surface area contributed by atoms with Crippen LogP contribution < -0.4 is 5.32 Å². The van der Waals surface area contributed by atoms with Gasteiger partial charge in [-0.25, -0.2) is 13.2 Å². The highest BCUT2D eigenvalue weighted by molar-refractivity contribution is 5.19. The molecule has 0 saturated heterocycles. The molecule has 17 heavy (non-hydrogen) atoms. The zero-order valence-electron chi connectivity index (χ0n) is 9.64. The largest absolute Gasteiger partial charge is 0.393 e. The van der Waals surface area contributed by atoms with Crippen molar-refractivity contribution < 1.29 is 18.3 Å². The number of benzene rings is 1. The summed E-state index contributed by atoms with van der Waals surface area (Å²) in [6, 6.07) is 1.92. The molecule has 5 heteroatoms. The van der Waals surface area contributed by atoms with E-state index in [0.717, 1.165) is 12.1 Å². The maximum absolute atomic E-state index is 12.8. The van der Waals surface area contributed by atoms with E-state index in [9.17, 15) is 18.3 Å². The van der Waals surface area contributed by atoms with Crippen molar-refractivity contribution in [3.8, 4) is 0 Å². The average molecular weight is 247 g/mol. The third kappa shape index (κ3) is 4.36. The van der Waals surface area contributed by atoms with E-state index >= 15 is 0 Å². The Morgan fingerprint density at radius 2 is 1.82 bits per heavy atom. The SMILES string of the molecule is CCC(O)CCNCc1cc(F)c(F)c(F)c1. The minimum atomic E-state index is -1.45. The van der Waals surface area contributed by atoms with Crippen LogP contribution in [0.3, 0.4) is 0 Å². The van der Waals surface area contributed by atoms with Crippen LogP contribution in [0.2, 0.25) is 0 Å². The molecule has 1 unspecified atom stereocenters. The summed E-state index contributed by atoms with van der Waals surface area (Å²) >= 11 is 0. The molecule has 1 aromatic rings. The molecule has 0 aromatic heterocycles. The second-order valence-electron chi connectivity index (χ2n) is 3.90. The molecule has 0 heterocycles. The highest BCUT2D eigenvalue weighted by atomic mass is 19.2. The molecule has 0 spiro atoms. The van der Waals surface area contributed by atoms with Gasteiger partial charge in [-0.3, -0.25) is 0 Å². The van der Waals surface area contributed by atoms with Crippen molar-refractivity contribution in [2.24, 2.45) is 0 Å². The number of hydrogen-bond acceptors (Lipinski definition) is 2. The Hall–Kier alpha value is -1.07. The molecule has 2 nitrogen and oxygen atoms in total. The van der Waals surface area contributed by atoms with Gasteiger partial charge in [-0.2, -0.15) is 0 Å². The van der Waals surface area contributed by atoms with E-state index in [1.807, 2.05) is 6.92 Å². The van der Waals surface area contributed by atoms with Gasteiger partial charge in [0.15, 0.2) is 17.5 Å². The van der Waals surface area contributed by atoms with E-state index in [1.54, 1.807) is 0 Å². The highest BCUT2D eigenvalue weighted by Gasteiger charge is 2.10. The van der Waals surface area contributed by atoms with Gasteiger partial charge >= 0.3 is 0 Å². The summed E-state index contributed by atoms with van der Waals surface area (Å²) in [5.41, 5.74) is 0.340. The maximum atomic E-state index is 12.8. The van der Waals surface area contributed by atoms with Gasteiger partial charge in [0.1, 0.15) is 0 Å². The van der Waals surface area contributed by atoms with Gasteiger partial charge in [0.2, 0.25) is 0 Å². The van der Waals surface area contributed by atoms with Crippen molar-refractivity contribution in [3.63, 3.8) is 0 Å². The Morgan fingerprint density at radius 1 is 1.24 bits per heavy atom. The van der Waals surface area contributed by atoms with Gasteiger partial charge in [0.05, 0.1) is 6.10 Å². The van der Waals surface area contributed by atoms with Crippen LogP contribution in [0.1, 0.15) is 25.3 Å². The first-order chi connectivity index (χ1) is 8.04. The molecule has 0 bridgehead atoms. The van der Waals surface area contributed by atoms with Crippen LogP contribution in [-0.2, 0) is 6.54 Å². The van der Waals surface area contributed by atoms with Crippen LogP contribution in [0.25, 0.3) is 0 Å². The standard InChI is InChI=1S/C12H16F3NO/c1-2-9(17)3-4-16-7-8-5-10(13)12(15)11(14)6-8/h5-6,9,16-17H,2-4,7H2,1H3. The van der Waals surface area contributed by atoms with Crippen LogP contribution in [0.5, 0.6) is 0 Å². The molecule has 96 valence electrons. The molecule has 1 rings (SSSR count). The lowest BCUT2D eigenvalue weighted by molar-refractivity contribution is 0.159. The topological polar surface area (TPSA) is 32.3 Å². The van der Waals surface area contributed by atoms with Gasteiger partial charge in [-0.05, 0) is 37.1 Å². The average Bonchev–Trinajstić information content (AvgIpc) is 2.31. The predicted octanol–water partition coefficient (Wildman–Crippen LogP) is 2.35. The number of aliphatic hydroxyl groups is 1. The van der Waals surface area contributed by atoms with Crippen LogP contribution in [0.4, 0.5) is 13.2 Å². The van der Waals surface area contributed by atoms with Gasteiger partial charge in [-0.1, -0.05) is 6.92 Å². The third-order valence-corrected chi connectivity index (χ3v) is 2.50. The first kappa shape index (κ1) is 14.0. The van der Waals surface area contributed by atoms with E-state index in [1.165, 1.54) is 0 Å². The molecule has 0 aliphatic heterocycles. The van der Waals surface area contributed by atoms with Crippen LogP contribution in [0, 0.1) is 17.5 Å². The minimum Gasteiger partial charge on any atom is -0.393 e. The zero-order chi connectivity index (χ0) is 12.8. The second kappa shape index (κ2) is 6.61. The van der Waals surface area contributed by atoms with Gasteiger partial charge in [0, 0.05) is 6.54 Å². The summed E-state index contributed by atoms with van der Waals surface area (Å²) < 4.78 is 38.3. The first-order valence-electron chi connectivity index (χ1n) is 5.56. The fourth-order valence-corrected chi connectivity index (χ4v) is 1.42. The molecule has 0 aliphatic carbocycles. The second-order valence-corrected chi connectivity index (χ2v) is 3.90. The monoisotopic (exact) mass is 247 g/mol. The summed E-state index contributed by atoms with van der Waals surface area (Å²) in [5.74, 6) is -3.82. The smallest absolute Gasteiger partial charge is 0.194 e. The van der Waals surface area contributed by atoms with Crippen molar-refractivity contribution >= 4 is 0 Å². The lowest BCUT2D eigenvalue weighted by Gasteiger charge is -2.09. The van der Waals surface area contributed by atoms with Crippen molar-refractivity contribution in [2.75, 3.05) is 6.54 Å². The summed E-state index contributed by atoms with van der Waals surface area (Å²) in [5, 5.41) is 12.2. The molecule has 0 aliphatic rings. The summed E-state index contributed by atoms with van der Waals surface area (Å²) in [6.45, 7) is 2.65. The van der Waals surface area contributed by atoms with Crippen LogP contribution in [-0.4, -0.2) is 17.8 Å². The minimum absolute atomic E-state index is 0.241. The lowest BCUT2D eigenvalue weighted by atomic mass is 10.2. The molecule has 0 saturated carbocycles. The fraction of sp³-hybridized carbons (Fsp3) is 0.500. The highest BCUT2D eigenvalue weighted by Crippen LogP contribution is 2.13. The Bertz CT molecular complexity index is 348. The van der Waals surface area contributed by atoms with Crippen LogP contribution in [0.15, 0.2) is 12.1 Å². The quantitative estimate of drug-likeness (QED) is 0.597. The predicted molar refractivity (Wildman–Crippen MR) is 58.9 cm³/mol. The Labute approximate surface area is 98.5 Å². The van der Waals surface area contributed by atoms with Crippen molar-refractivity contribution in [3.05, 3.63) is 35.1 Å². The van der Waals surface area contributed by atoms with Gasteiger partial charge in [0.25, 0.3) is 0 Å². The van der Waals surface area contributed by atoms with E-state index in [4.69, 9.17) is 0 Å². The fourth-order valence-electron chi connectivity index (χ4n) is 1.42. The molecule has 0 radical (unpaired) electrons. The summed E-state index contributed by atoms with van der Waals surface area (Å²) in [7, 11) is 0. The van der Waals surface area contributed by atoms with Crippen molar-refractivity contribution in [1.29, 1.82) is 0 Å². The van der Waals surface area contributed by atoms with Crippen molar-refractivity contribution in [2.45, 2.75) is 32.4 Å².